The molecule has 2 rings (SSSR count). The van der Waals surface area contributed by atoms with Gasteiger partial charge < -0.3 is 67.5 Å². The van der Waals surface area contributed by atoms with Crippen LogP contribution in [-0.2, 0) is 76.0 Å². The Morgan fingerprint density at radius 1 is 0.446 bits per heavy atom. The molecule has 0 spiro atoms. The van der Waals surface area contributed by atoms with Gasteiger partial charge >= 0.3 is 0 Å². The van der Waals surface area contributed by atoms with Crippen LogP contribution in [0.2, 0.25) is 0 Å². The number of rotatable bonds is 46. The van der Waals surface area contributed by atoms with Crippen LogP contribution in [0.4, 0.5) is 5.69 Å². The van der Waals surface area contributed by atoms with E-state index in [4.69, 9.17) is 56.8 Å². The number of anilines is 1. The Kier molecular flexibility index (Phi) is 37.6. The van der Waals surface area contributed by atoms with Gasteiger partial charge in [-0.1, -0.05) is 24.1 Å². The zero-order valence-electron chi connectivity index (χ0n) is 38.0. The van der Waals surface area contributed by atoms with Crippen molar-refractivity contribution < 1.29 is 76.0 Å². The first-order valence-electron chi connectivity index (χ1n) is 22.3. The van der Waals surface area contributed by atoms with E-state index in [0.717, 1.165) is 17.7 Å². The minimum Gasteiger partial charge on any atom is -0.379 e. The molecule has 1 aromatic carbocycles. The standard InChI is InChI=1S/C44H71Br2N3O16/c1-37-6-8-38(9-7-37)48-40(51)10-13-54-15-17-56-19-21-58-23-25-60-27-29-62-31-33-64-35-36-65-34-32-63-30-28-61-26-24-59-22-20-57-18-16-55-14-11-47-39(50)5-3-2-4-12-49-43(52)41(45)42(46)44(49)53/h6-9H,2-5,10-36H2,1H3,(H,47,50)(H,48,51). The van der Waals surface area contributed by atoms with Gasteiger partial charge in [0.05, 0.1) is 165 Å². The van der Waals surface area contributed by atoms with Crippen molar-refractivity contribution in [1.29, 1.82) is 0 Å². The van der Waals surface area contributed by atoms with Crippen molar-refractivity contribution in [2.45, 2.75) is 39.0 Å². The van der Waals surface area contributed by atoms with E-state index in [1.165, 1.54) is 4.90 Å². The number of hydrogen-bond acceptors (Lipinski definition) is 16. The maximum Gasteiger partial charge on any atom is 0.269 e. The Bertz CT molecular complexity index is 1410. The molecule has 0 aromatic heterocycles. The van der Waals surface area contributed by atoms with Crippen LogP contribution in [0.25, 0.3) is 0 Å². The molecule has 65 heavy (non-hydrogen) atoms. The lowest BCUT2D eigenvalue weighted by Gasteiger charge is -2.13. The smallest absolute Gasteiger partial charge is 0.269 e. The van der Waals surface area contributed by atoms with Crippen LogP contribution in [0, 0.1) is 6.92 Å². The molecule has 0 saturated heterocycles. The van der Waals surface area contributed by atoms with Gasteiger partial charge in [-0.05, 0) is 63.8 Å². The first kappa shape index (κ1) is 58.6. The van der Waals surface area contributed by atoms with Gasteiger partial charge in [-0.15, -0.1) is 0 Å². The summed E-state index contributed by atoms with van der Waals surface area (Å²) >= 11 is 6.22. The van der Waals surface area contributed by atoms with Gasteiger partial charge in [0, 0.05) is 25.2 Å². The van der Waals surface area contributed by atoms with E-state index in [0.29, 0.717) is 191 Å². The zero-order chi connectivity index (χ0) is 46.8. The van der Waals surface area contributed by atoms with Crippen molar-refractivity contribution in [3.05, 3.63) is 38.8 Å². The van der Waals surface area contributed by atoms with Crippen LogP contribution in [0.5, 0.6) is 0 Å². The number of unbranched alkanes of at least 4 members (excludes halogenated alkanes) is 2. The highest BCUT2D eigenvalue weighted by Gasteiger charge is 2.35. The molecule has 0 aliphatic carbocycles. The number of hydrogen-bond donors (Lipinski definition) is 2. The fraction of sp³-hybridized carbons (Fsp3) is 0.727. The van der Waals surface area contributed by atoms with Crippen LogP contribution in [-0.4, -0.2) is 200 Å². The Morgan fingerprint density at radius 3 is 1.15 bits per heavy atom. The molecule has 1 aromatic rings. The number of halogens is 2. The van der Waals surface area contributed by atoms with Gasteiger partial charge in [-0.25, -0.2) is 0 Å². The molecular weight excluding hydrogens is 986 g/mol. The van der Waals surface area contributed by atoms with Crippen LogP contribution < -0.4 is 10.6 Å². The Labute approximate surface area is 400 Å². The summed E-state index contributed by atoms with van der Waals surface area (Å²) in [6.45, 7) is 13.6. The molecule has 0 bridgehead atoms. The van der Waals surface area contributed by atoms with Crippen molar-refractivity contribution >= 4 is 61.2 Å². The van der Waals surface area contributed by atoms with Gasteiger partial charge in [-0.3, -0.25) is 24.1 Å². The lowest BCUT2D eigenvalue weighted by molar-refractivity contribution is -0.137. The van der Waals surface area contributed by atoms with E-state index in [1.807, 2.05) is 31.2 Å². The highest BCUT2D eigenvalue weighted by molar-refractivity contribution is 9.14. The monoisotopic (exact) mass is 1060 g/mol. The fourth-order valence-corrected chi connectivity index (χ4v) is 6.12. The number of nitrogens with one attached hydrogen (secondary N) is 2. The number of carbonyl (C=O) groups is 4. The first-order chi connectivity index (χ1) is 31.8. The zero-order valence-corrected chi connectivity index (χ0v) is 41.1. The summed E-state index contributed by atoms with van der Waals surface area (Å²) in [5.74, 6) is -0.825. The van der Waals surface area contributed by atoms with Crippen LogP contribution in [0.1, 0.15) is 37.7 Å². The predicted octanol–water partition coefficient (Wildman–Crippen LogP) is 3.57. The molecule has 19 nitrogen and oxygen atoms in total. The predicted molar refractivity (Wildman–Crippen MR) is 247 cm³/mol. The number of nitrogens with zero attached hydrogens (tertiary/aromatic N) is 1. The molecule has 0 radical (unpaired) electrons. The highest BCUT2D eigenvalue weighted by Crippen LogP contribution is 2.29. The highest BCUT2D eigenvalue weighted by atomic mass is 79.9. The Balaban J connectivity index is 1.15. The second kappa shape index (κ2) is 41.7. The van der Waals surface area contributed by atoms with Gasteiger partial charge in [0.15, 0.2) is 0 Å². The van der Waals surface area contributed by atoms with Gasteiger partial charge in [0.2, 0.25) is 11.8 Å². The molecule has 21 heteroatoms. The molecule has 372 valence electrons. The minimum atomic E-state index is -0.342. The summed E-state index contributed by atoms with van der Waals surface area (Å²) in [6, 6.07) is 7.66. The van der Waals surface area contributed by atoms with Crippen molar-refractivity contribution in [2.24, 2.45) is 0 Å². The minimum absolute atomic E-state index is 0.0599. The lowest BCUT2D eigenvalue weighted by atomic mass is 10.2. The number of amides is 4. The molecular formula is C44H71Br2N3O16. The molecule has 0 atom stereocenters. The first-order valence-corrected chi connectivity index (χ1v) is 23.9. The van der Waals surface area contributed by atoms with E-state index in [2.05, 4.69) is 42.5 Å². The second-order valence-electron chi connectivity index (χ2n) is 14.1. The summed E-state index contributed by atoms with van der Waals surface area (Å²) in [4.78, 5) is 49.1. The van der Waals surface area contributed by atoms with Gasteiger partial charge in [0.25, 0.3) is 11.8 Å². The van der Waals surface area contributed by atoms with Crippen molar-refractivity contribution in [2.75, 3.05) is 177 Å². The van der Waals surface area contributed by atoms with Crippen molar-refractivity contribution in [3.63, 3.8) is 0 Å². The number of carbonyl (C=O) groups excluding carboxylic acids is 4. The number of ether oxygens (including phenoxy) is 12. The van der Waals surface area contributed by atoms with Gasteiger partial charge in [0.1, 0.15) is 8.96 Å². The summed E-state index contributed by atoms with van der Waals surface area (Å²) in [5.41, 5.74) is 1.92. The van der Waals surface area contributed by atoms with Crippen molar-refractivity contribution in [3.8, 4) is 0 Å². The molecule has 1 aliphatic heterocycles. The van der Waals surface area contributed by atoms with Gasteiger partial charge in [-0.2, -0.15) is 0 Å². The molecule has 4 amide bonds. The largest absolute Gasteiger partial charge is 0.379 e. The van der Waals surface area contributed by atoms with E-state index in [9.17, 15) is 19.2 Å². The van der Waals surface area contributed by atoms with Crippen LogP contribution in [0.3, 0.4) is 0 Å². The summed E-state index contributed by atoms with van der Waals surface area (Å²) in [7, 11) is 0. The average Bonchev–Trinajstić information content (AvgIpc) is 3.48. The molecule has 1 heterocycles. The molecule has 2 N–H and O–H groups in total. The molecule has 0 unspecified atom stereocenters. The SMILES string of the molecule is Cc1ccc(NC(=O)CCOCCOCCOCCOCCOCCOCCOCCOCCOCCOCCOCCOCCNC(=O)CCCCCN2C(=O)C(Br)=C(Br)C2=O)cc1. The van der Waals surface area contributed by atoms with E-state index >= 15 is 0 Å². The molecule has 0 fully saturated rings. The van der Waals surface area contributed by atoms with E-state index in [1.54, 1.807) is 0 Å². The van der Waals surface area contributed by atoms with Crippen LogP contribution in [0.15, 0.2) is 33.2 Å². The maximum atomic E-state index is 12.0. The quantitative estimate of drug-likeness (QED) is 0.0708. The topological polar surface area (TPSA) is 206 Å². The number of benzene rings is 1. The average molecular weight is 1060 g/mol. The summed E-state index contributed by atoms with van der Waals surface area (Å²) in [5, 5.41) is 5.66. The Morgan fingerprint density at radius 2 is 0.785 bits per heavy atom. The second-order valence-corrected chi connectivity index (χ2v) is 15.6. The normalized spacial score (nSPS) is 12.8. The molecule has 0 saturated carbocycles. The Hall–Kier alpha value is -2.48. The van der Waals surface area contributed by atoms with E-state index in [-0.39, 0.29) is 39.0 Å². The summed E-state index contributed by atoms with van der Waals surface area (Å²) in [6.07, 6.45) is 2.70. The lowest BCUT2D eigenvalue weighted by Crippen LogP contribution is -2.32. The van der Waals surface area contributed by atoms with Crippen LogP contribution >= 0.6 is 31.9 Å². The molecule has 1 aliphatic rings. The summed E-state index contributed by atoms with van der Waals surface area (Å²) < 4.78 is 66.3. The number of imide groups is 1. The number of aryl methyl sites for hydroxylation is 1. The third kappa shape index (κ3) is 32.8. The maximum absolute atomic E-state index is 12.0. The fourth-order valence-electron chi connectivity index (χ4n) is 5.35. The van der Waals surface area contributed by atoms with E-state index < -0.39 is 0 Å². The third-order valence-electron chi connectivity index (χ3n) is 8.81. The third-order valence-corrected chi connectivity index (χ3v) is 10.8. The van der Waals surface area contributed by atoms with Crippen molar-refractivity contribution in [1.82, 2.24) is 10.2 Å².